The maximum absolute atomic E-state index is 9.28. The van der Waals surface area contributed by atoms with Gasteiger partial charge in [-0.2, -0.15) is 5.10 Å². The molecule has 3 N–H and O–H groups in total. The minimum atomic E-state index is -0.0106. The Morgan fingerprint density at radius 2 is 1.91 bits per heavy atom. The Balaban J connectivity index is 2.55. The molecule has 0 amide bonds. The zero-order valence-corrected chi connectivity index (χ0v) is 14.5. The van der Waals surface area contributed by atoms with Gasteiger partial charge in [0.25, 0.3) is 0 Å². The number of aryl methyl sites for hydroxylation is 3. The highest BCUT2D eigenvalue weighted by Gasteiger charge is 2.22. The van der Waals surface area contributed by atoms with E-state index in [0.717, 1.165) is 22.7 Å². The first kappa shape index (κ1) is 17.5. The molecule has 126 valence electrons. The second-order valence-electron chi connectivity index (χ2n) is 5.85. The molecule has 1 heterocycles. The fraction of sp³-hybridized carbons (Fsp3) is 0.500. The average molecular weight is 317 g/mol. The summed E-state index contributed by atoms with van der Waals surface area (Å²) in [5.41, 5.74) is 11.5. The van der Waals surface area contributed by atoms with Crippen LogP contribution < -0.4 is 10.5 Å². The number of aliphatic hydroxyl groups is 1. The maximum Gasteiger partial charge on any atom is 0.123 e. The van der Waals surface area contributed by atoms with E-state index in [2.05, 4.69) is 31.1 Å². The number of hydrogen-bond acceptors (Lipinski definition) is 4. The van der Waals surface area contributed by atoms with Crippen LogP contribution in [0.5, 0.6) is 5.75 Å². The van der Waals surface area contributed by atoms with Crippen LogP contribution in [0.4, 0.5) is 0 Å². The summed E-state index contributed by atoms with van der Waals surface area (Å²) in [6.45, 7) is 9.70. The van der Waals surface area contributed by atoms with Gasteiger partial charge in [0.15, 0.2) is 0 Å². The molecule has 0 aliphatic carbocycles. The van der Waals surface area contributed by atoms with Gasteiger partial charge in [0.05, 0.1) is 25.5 Å². The van der Waals surface area contributed by atoms with Crippen LogP contribution in [0.15, 0.2) is 18.2 Å². The summed E-state index contributed by atoms with van der Waals surface area (Å²) in [5.74, 6) is 0.865. The van der Waals surface area contributed by atoms with Gasteiger partial charge in [-0.1, -0.05) is 6.07 Å². The second kappa shape index (κ2) is 7.62. The van der Waals surface area contributed by atoms with Crippen LogP contribution in [-0.4, -0.2) is 34.6 Å². The SMILES string of the molecule is CCOc1cc(C)c(C)cc1C(CN)c1cc(C)nn1CCO. The first-order valence-corrected chi connectivity index (χ1v) is 8.11. The third kappa shape index (κ3) is 3.74. The lowest BCUT2D eigenvalue weighted by molar-refractivity contribution is 0.266. The highest BCUT2D eigenvalue weighted by Crippen LogP contribution is 2.34. The quantitative estimate of drug-likeness (QED) is 0.822. The van der Waals surface area contributed by atoms with Crippen LogP contribution in [0.1, 0.15) is 40.9 Å². The molecule has 0 aliphatic heterocycles. The standard InChI is InChI=1S/C18H27N3O2/c1-5-23-18-9-13(3)12(2)8-15(18)16(11-19)17-10-14(4)20-21(17)6-7-22/h8-10,16,22H,5-7,11,19H2,1-4H3. The number of ether oxygens (including phenoxy) is 1. The van der Waals surface area contributed by atoms with Crippen molar-refractivity contribution < 1.29 is 9.84 Å². The molecule has 5 heteroatoms. The molecule has 1 unspecified atom stereocenters. The molecule has 1 aromatic heterocycles. The molecule has 0 aliphatic rings. The summed E-state index contributed by atoms with van der Waals surface area (Å²) in [6, 6.07) is 6.28. The molecule has 1 aromatic carbocycles. The largest absolute Gasteiger partial charge is 0.494 e. The van der Waals surface area contributed by atoms with Crippen LogP contribution in [0.3, 0.4) is 0 Å². The minimum absolute atomic E-state index is 0.0106. The van der Waals surface area contributed by atoms with Gasteiger partial charge in [0.1, 0.15) is 5.75 Å². The van der Waals surface area contributed by atoms with E-state index in [-0.39, 0.29) is 12.5 Å². The van der Waals surface area contributed by atoms with Gasteiger partial charge >= 0.3 is 0 Å². The van der Waals surface area contributed by atoms with Gasteiger partial charge in [-0.15, -0.1) is 0 Å². The van der Waals surface area contributed by atoms with Crippen LogP contribution in [-0.2, 0) is 6.54 Å². The second-order valence-corrected chi connectivity index (χ2v) is 5.85. The van der Waals surface area contributed by atoms with E-state index in [1.807, 2.05) is 24.6 Å². The summed E-state index contributed by atoms with van der Waals surface area (Å²) in [4.78, 5) is 0. The highest BCUT2D eigenvalue weighted by atomic mass is 16.5. The molecule has 0 saturated carbocycles. The number of aromatic nitrogens is 2. The molecule has 5 nitrogen and oxygen atoms in total. The molecule has 2 rings (SSSR count). The highest BCUT2D eigenvalue weighted by molar-refractivity contribution is 5.47. The summed E-state index contributed by atoms with van der Waals surface area (Å²) in [5, 5.41) is 13.8. The minimum Gasteiger partial charge on any atom is -0.494 e. The van der Waals surface area contributed by atoms with Crippen molar-refractivity contribution in [2.75, 3.05) is 19.8 Å². The van der Waals surface area contributed by atoms with E-state index < -0.39 is 0 Å². The Morgan fingerprint density at radius 3 is 2.52 bits per heavy atom. The van der Waals surface area contributed by atoms with Gasteiger partial charge < -0.3 is 15.6 Å². The van der Waals surface area contributed by atoms with Gasteiger partial charge in [0.2, 0.25) is 0 Å². The summed E-state index contributed by atoms with van der Waals surface area (Å²) >= 11 is 0. The topological polar surface area (TPSA) is 73.3 Å². The number of rotatable bonds is 7. The van der Waals surface area contributed by atoms with Crippen molar-refractivity contribution >= 4 is 0 Å². The van der Waals surface area contributed by atoms with Crippen molar-refractivity contribution in [3.63, 3.8) is 0 Å². The molecular formula is C18H27N3O2. The Labute approximate surface area is 138 Å². The first-order chi connectivity index (χ1) is 11.0. The van der Waals surface area contributed by atoms with E-state index in [1.54, 1.807) is 0 Å². The molecule has 0 fully saturated rings. The monoisotopic (exact) mass is 317 g/mol. The lowest BCUT2D eigenvalue weighted by Crippen LogP contribution is -2.20. The van der Waals surface area contributed by atoms with Crippen LogP contribution in [0, 0.1) is 20.8 Å². The molecule has 0 bridgehead atoms. The van der Waals surface area contributed by atoms with Crippen molar-refractivity contribution in [1.82, 2.24) is 9.78 Å². The number of nitrogens with zero attached hydrogens (tertiary/aromatic N) is 2. The summed E-state index contributed by atoms with van der Waals surface area (Å²) < 4.78 is 7.69. The molecule has 0 saturated heterocycles. The predicted molar refractivity (Wildman–Crippen MR) is 92.0 cm³/mol. The van der Waals surface area contributed by atoms with Gasteiger partial charge in [-0.3, -0.25) is 4.68 Å². The third-order valence-corrected chi connectivity index (χ3v) is 4.14. The van der Waals surface area contributed by atoms with Gasteiger partial charge in [0, 0.05) is 23.7 Å². The van der Waals surface area contributed by atoms with Crippen molar-refractivity contribution in [1.29, 1.82) is 0 Å². The van der Waals surface area contributed by atoms with E-state index in [0.29, 0.717) is 19.7 Å². The number of benzene rings is 1. The van der Waals surface area contributed by atoms with Crippen molar-refractivity contribution in [2.24, 2.45) is 5.73 Å². The van der Waals surface area contributed by atoms with Crippen LogP contribution in [0.25, 0.3) is 0 Å². The molecule has 0 spiro atoms. The third-order valence-electron chi connectivity index (χ3n) is 4.14. The molecule has 2 aromatic rings. The Morgan fingerprint density at radius 1 is 1.22 bits per heavy atom. The summed E-state index contributed by atoms with van der Waals surface area (Å²) in [7, 11) is 0. The smallest absolute Gasteiger partial charge is 0.123 e. The summed E-state index contributed by atoms with van der Waals surface area (Å²) in [6.07, 6.45) is 0. The van der Waals surface area contributed by atoms with E-state index in [4.69, 9.17) is 10.5 Å². The van der Waals surface area contributed by atoms with Crippen molar-refractivity contribution in [3.05, 3.63) is 46.3 Å². The van der Waals surface area contributed by atoms with Crippen LogP contribution >= 0.6 is 0 Å². The Hall–Kier alpha value is -1.85. The van der Waals surface area contributed by atoms with Gasteiger partial charge in [-0.05, 0) is 51.0 Å². The lowest BCUT2D eigenvalue weighted by atomic mass is 9.91. The van der Waals surface area contributed by atoms with E-state index >= 15 is 0 Å². The average Bonchev–Trinajstić information content (AvgIpc) is 2.86. The van der Waals surface area contributed by atoms with E-state index in [9.17, 15) is 5.11 Å². The van der Waals surface area contributed by atoms with Crippen LogP contribution in [0.2, 0.25) is 0 Å². The van der Waals surface area contributed by atoms with Crippen molar-refractivity contribution in [3.8, 4) is 5.75 Å². The lowest BCUT2D eigenvalue weighted by Gasteiger charge is -2.21. The number of hydrogen-bond donors (Lipinski definition) is 2. The fourth-order valence-electron chi connectivity index (χ4n) is 2.89. The zero-order chi connectivity index (χ0) is 17.0. The maximum atomic E-state index is 9.28. The molecule has 1 atom stereocenters. The Bertz CT molecular complexity index is 665. The molecule has 23 heavy (non-hydrogen) atoms. The number of aliphatic hydroxyl groups excluding tert-OH is 1. The zero-order valence-electron chi connectivity index (χ0n) is 14.5. The molecular weight excluding hydrogens is 290 g/mol. The Kier molecular flexibility index (Phi) is 5.80. The number of nitrogens with two attached hydrogens (primary N) is 1. The normalized spacial score (nSPS) is 12.4. The van der Waals surface area contributed by atoms with E-state index in [1.165, 1.54) is 11.1 Å². The first-order valence-electron chi connectivity index (χ1n) is 8.11. The fourth-order valence-corrected chi connectivity index (χ4v) is 2.89. The van der Waals surface area contributed by atoms with Gasteiger partial charge in [-0.25, -0.2) is 0 Å². The predicted octanol–water partition coefficient (Wildman–Crippen LogP) is 2.29. The molecule has 0 radical (unpaired) electrons. The van der Waals surface area contributed by atoms with Crippen molar-refractivity contribution in [2.45, 2.75) is 40.2 Å².